The van der Waals surface area contributed by atoms with Gasteiger partial charge in [-0.15, -0.1) is 0 Å². The van der Waals surface area contributed by atoms with Crippen molar-refractivity contribution >= 4 is 5.97 Å². The lowest BCUT2D eigenvalue weighted by molar-refractivity contribution is -0.148. The van der Waals surface area contributed by atoms with Gasteiger partial charge in [-0.25, -0.2) is 0 Å². The van der Waals surface area contributed by atoms with Crippen molar-refractivity contribution < 1.29 is 9.53 Å². The maximum atomic E-state index is 11.2. The molecule has 1 saturated carbocycles. The van der Waals surface area contributed by atoms with Gasteiger partial charge in [0.1, 0.15) is 0 Å². The normalized spacial score (nSPS) is 30.4. The summed E-state index contributed by atoms with van der Waals surface area (Å²) in [4.78, 5) is 11.2. The molecule has 0 spiro atoms. The quantitative estimate of drug-likeness (QED) is 0.599. The summed E-state index contributed by atoms with van der Waals surface area (Å²) in [6, 6.07) is 0.0362. The molecule has 3 heteroatoms. The third-order valence-corrected chi connectivity index (χ3v) is 2.16. The van der Waals surface area contributed by atoms with Crippen molar-refractivity contribution in [1.82, 2.24) is 0 Å². The van der Waals surface area contributed by atoms with E-state index in [0.717, 1.165) is 19.3 Å². The van der Waals surface area contributed by atoms with E-state index in [1.807, 2.05) is 6.92 Å². The average Bonchev–Trinajstić information content (AvgIpc) is 2.36. The van der Waals surface area contributed by atoms with E-state index >= 15 is 0 Å². The molecule has 1 aliphatic carbocycles. The Labute approximate surface area is 66.9 Å². The van der Waals surface area contributed by atoms with E-state index in [9.17, 15) is 4.79 Å². The van der Waals surface area contributed by atoms with Crippen LogP contribution in [0, 0.1) is 5.92 Å². The van der Waals surface area contributed by atoms with Crippen LogP contribution in [0.4, 0.5) is 0 Å². The summed E-state index contributed by atoms with van der Waals surface area (Å²) in [6.45, 7) is 2.28. The molecule has 11 heavy (non-hydrogen) atoms. The van der Waals surface area contributed by atoms with Crippen LogP contribution < -0.4 is 5.73 Å². The molecule has 0 aromatic heterocycles. The number of nitrogens with two attached hydrogens (primary N) is 1. The largest absolute Gasteiger partial charge is 0.466 e. The predicted octanol–water partition coefficient (Wildman–Crippen LogP) is 0.677. The first kappa shape index (κ1) is 8.53. The van der Waals surface area contributed by atoms with Crippen molar-refractivity contribution in [2.45, 2.75) is 32.2 Å². The monoisotopic (exact) mass is 157 g/mol. The first-order valence-electron chi connectivity index (χ1n) is 4.18. The van der Waals surface area contributed by atoms with E-state index in [1.54, 1.807) is 0 Å². The molecule has 0 amide bonds. The average molecular weight is 157 g/mol. The highest BCUT2D eigenvalue weighted by atomic mass is 16.5. The Bertz CT molecular complexity index is 147. The van der Waals surface area contributed by atoms with Gasteiger partial charge in [0.25, 0.3) is 0 Å². The van der Waals surface area contributed by atoms with Crippen molar-refractivity contribution in [3.63, 3.8) is 0 Å². The molecule has 0 unspecified atom stereocenters. The van der Waals surface area contributed by atoms with Crippen molar-refractivity contribution in [3.8, 4) is 0 Å². The molecule has 0 bridgehead atoms. The molecule has 0 radical (unpaired) electrons. The van der Waals surface area contributed by atoms with Gasteiger partial charge >= 0.3 is 5.97 Å². The molecule has 0 aromatic rings. The zero-order valence-corrected chi connectivity index (χ0v) is 6.88. The predicted molar refractivity (Wildman–Crippen MR) is 41.9 cm³/mol. The third kappa shape index (κ3) is 1.93. The molecular weight excluding hydrogens is 142 g/mol. The van der Waals surface area contributed by atoms with Crippen LogP contribution in [0.1, 0.15) is 26.2 Å². The first-order chi connectivity index (χ1) is 5.25. The van der Waals surface area contributed by atoms with E-state index in [-0.39, 0.29) is 17.9 Å². The fourth-order valence-corrected chi connectivity index (χ4v) is 1.53. The summed E-state index contributed by atoms with van der Waals surface area (Å²) >= 11 is 0. The van der Waals surface area contributed by atoms with Gasteiger partial charge in [0.15, 0.2) is 0 Å². The maximum Gasteiger partial charge on any atom is 0.310 e. The molecule has 0 saturated heterocycles. The van der Waals surface area contributed by atoms with Crippen LogP contribution in [0.5, 0.6) is 0 Å². The van der Waals surface area contributed by atoms with Gasteiger partial charge < -0.3 is 10.5 Å². The SMILES string of the molecule is CCOC(=O)[C@H]1CCC[C@H]1N. The van der Waals surface area contributed by atoms with E-state index in [4.69, 9.17) is 10.5 Å². The molecule has 1 fully saturated rings. The smallest absolute Gasteiger partial charge is 0.310 e. The molecule has 2 atom stereocenters. The van der Waals surface area contributed by atoms with E-state index < -0.39 is 0 Å². The van der Waals surface area contributed by atoms with Crippen molar-refractivity contribution in [3.05, 3.63) is 0 Å². The standard InChI is InChI=1S/C8H15NO2/c1-2-11-8(10)6-4-3-5-7(6)9/h6-7H,2-5,9H2,1H3/t6-,7+/m0/s1. The van der Waals surface area contributed by atoms with Crippen LogP contribution in [-0.2, 0) is 9.53 Å². The minimum atomic E-state index is -0.113. The zero-order valence-electron chi connectivity index (χ0n) is 6.88. The Morgan fingerprint density at radius 1 is 1.64 bits per heavy atom. The van der Waals surface area contributed by atoms with Gasteiger partial charge in [-0.3, -0.25) is 4.79 Å². The highest BCUT2D eigenvalue weighted by molar-refractivity contribution is 5.73. The Morgan fingerprint density at radius 2 is 2.36 bits per heavy atom. The number of rotatable bonds is 2. The van der Waals surface area contributed by atoms with Gasteiger partial charge in [0.05, 0.1) is 12.5 Å². The molecule has 0 aliphatic heterocycles. The number of carbonyl (C=O) groups excluding carboxylic acids is 1. The Balaban J connectivity index is 2.39. The number of carbonyl (C=O) groups is 1. The number of esters is 1. The second kappa shape index (κ2) is 3.72. The second-order valence-electron chi connectivity index (χ2n) is 2.95. The Hall–Kier alpha value is -0.570. The summed E-state index contributed by atoms with van der Waals surface area (Å²) in [7, 11) is 0. The summed E-state index contributed by atoms with van der Waals surface area (Å²) < 4.78 is 4.88. The lowest BCUT2D eigenvalue weighted by Gasteiger charge is -2.12. The minimum Gasteiger partial charge on any atom is -0.466 e. The highest BCUT2D eigenvalue weighted by Crippen LogP contribution is 2.24. The molecule has 1 rings (SSSR count). The number of hydrogen-bond donors (Lipinski definition) is 1. The first-order valence-corrected chi connectivity index (χ1v) is 4.18. The number of ether oxygens (including phenoxy) is 1. The zero-order chi connectivity index (χ0) is 8.27. The van der Waals surface area contributed by atoms with Crippen molar-refractivity contribution in [2.24, 2.45) is 11.7 Å². The lowest BCUT2D eigenvalue weighted by atomic mass is 10.1. The fourth-order valence-electron chi connectivity index (χ4n) is 1.53. The van der Waals surface area contributed by atoms with Crippen LogP contribution in [0.3, 0.4) is 0 Å². The van der Waals surface area contributed by atoms with Crippen molar-refractivity contribution in [2.75, 3.05) is 6.61 Å². The molecule has 64 valence electrons. The Kier molecular flexibility index (Phi) is 2.88. The van der Waals surface area contributed by atoms with Crippen LogP contribution in [-0.4, -0.2) is 18.6 Å². The summed E-state index contributed by atoms with van der Waals surface area (Å²) in [5.41, 5.74) is 5.71. The van der Waals surface area contributed by atoms with Crippen LogP contribution in [0.15, 0.2) is 0 Å². The third-order valence-electron chi connectivity index (χ3n) is 2.16. The molecule has 0 aromatic carbocycles. The van der Waals surface area contributed by atoms with Gasteiger partial charge in [0.2, 0.25) is 0 Å². The fraction of sp³-hybridized carbons (Fsp3) is 0.875. The molecule has 3 nitrogen and oxygen atoms in total. The highest BCUT2D eigenvalue weighted by Gasteiger charge is 2.31. The molecule has 1 aliphatic rings. The topological polar surface area (TPSA) is 52.3 Å². The van der Waals surface area contributed by atoms with Gasteiger partial charge in [-0.2, -0.15) is 0 Å². The van der Waals surface area contributed by atoms with E-state index in [0.29, 0.717) is 6.61 Å². The number of hydrogen-bond acceptors (Lipinski definition) is 3. The van der Waals surface area contributed by atoms with Crippen molar-refractivity contribution in [1.29, 1.82) is 0 Å². The summed E-state index contributed by atoms with van der Waals surface area (Å²) in [6.07, 6.45) is 2.92. The Morgan fingerprint density at radius 3 is 2.82 bits per heavy atom. The molecule has 0 heterocycles. The van der Waals surface area contributed by atoms with Crippen LogP contribution >= 0.6 is 0 Å². The molecular formula is C8H15NO2. The van der Waals surface area contributed by atoms with Gasteiger partial charge in [-0.05, 0) is 19.8 Å². The second-order valence-corrected chi connectivity index (χ2v) is 2.95. The van der Waals surface area contributed by atoms with Gasteiger partial charge in [0, 0.05) is 6.04 Å². The minimum absolute atomic E-state index is 0.0325. The lowest BCUT2D eigenvalue weighted by Crippen LogP contribution is -2.31. The maximum absolute atomic E-state index is 11.2. The summed E-state index contributed by atoms with van der Waals surface area (Å²) in [5.74, 6) is -0.146. The van der Waals surface area contributed by atoms with E-state index in [2.05, 4.69) is 0 Å². The van der Waals surface area contributed by atoms with Crippen LogP contribution in [0.2, 0.25) is 0 Å². The molecule has 2 N–H and O–H groups in total. The van der Waals surface area contributed by atoms with E-state index in [1.165, 1.54) is 0 Å². The van der Waals surface area contributed by atoms with Crippen LogP contribution in [0.25, 0.3) is 0 Å². The summed E-state index contributed by atoms with van der Waals surface area (Å²) in [5, 5.41) is 0. The van der Waals surface area contributed by atoms with Gasteiger partial charge in [-0.1, -0.05) is 6.42 Å².